The number of hydrogen-bond acceptors (Lipinski definition) is 2. The van der Waals surface area contributed by atoms with Crippen LogP contribution in [0.2, 0.25) is 0 Å². The van der Waals surface area contributed by atoms with E-state index in [0.717, 1.165) is 29.7 Å². The highest BCUT2D eigenvalue weighted by molar-refractivity contribution is 5.89. The van der Waals surface area contributed by atoms with Gasteiger partial charge in [-0.1, -0.05) is 25.5 Å². The summed E-state index contributed by atoms with van der Waals surface area (Å²) in [5, 5.41) is 11.4. The average molecular weight is 318 g/mol. The van der Waals surface area contributed by atoms with Crippen LogP contribution in [0.1, 0.15) is 25.3 Å². The third-order valence-electron chi connectivity index (χ3n) is 3.20. The highest BCUT2D eigenvalue weighted by Crippen LogP contribution is 2.20. The molecule has 22 heavy (non-hydrogen) atoms. The molecule has 1 aromatic rings. The summed E-state index contributed by atoms with van der Waals surface area (Å²) in [6.45, 7) is 1.28. The van der Waals surface area contributed by atoms with Crippen molar-refractivity contribution in [1.82, 2.24) is 4.90 Å². The second kappa shape index (κ2) is 8.03. The Labute approximate surface area is 127 Å². The molecular formula is C15H21F3N2O2. The second-order valence-corrected chi connectivity index (χ2v) is 5.17. The molecule has 0 aliphatic rings. The minimum atomic E-state index is -4.74. The van der Waals surface area contributed by atoms with Gasteiger partial charge in [-0.05, 0) is 30.5 Å². The number of nitrogens with zero attached hydrogens (tertiary/aromatic N) is 1. The molecule has 7 heteroatoms. The van der Waals surface area contributed by atoms with E-state index < -0.39 is 24.9 Å². The molecule has 0 heterocycles. The minimum absolute atomic E-state index is 0.499. The third kappa shape index (κ3) is 5.93. The molecule has 4 nitrogen and oxygen atoms in total. The van der Waals surface area contributed by atoms with Crippen molar-refractivity contribution >= 4 is 11.7 Å². The Balaban J connectivity index is 2.53. The van der Waals surface area contributed by atoms with Gasteiger partial charge < -0.3 is 15.3 Å². The summed E-state index contributed by atoms with van der Waals surface area (Å²) in [6.07, 6.45) is -4.19. The summed E-state index contributed by atoms with van der Waals surface area (Å²) in [6, 6.07) is 6.45. The van der Waals surface area contributed by atoms with Crippen molar-refractivity contribution in [2.75, 3.05) is 18.9 Å². The molecule has 0 saturated carbocycles. The van der Waals surface area contributed by atoms with E-state index >= 15 is 0 Å². The first-order chi connectivity index (χ1) is 10.2. The van der Waals surface area contributed by atoms with Crippen LogP contribution < -0.4 is 5.32 Å². The second-order valence-electron chi connectivity index (χ2n) is 5.17. The zero-order valence-corrected chi connectivity index (χ0v) is 12.7. The van der Waals surface area contributed by atoms with Gasteiger partial charge in [-0.25, -0.2) is 4.79 Å². The number of unbranched alkanes of at least 4 members (excludes halogenated alkanes) is 1. The summed E-state index contributed by atoms with van der Waals surface area (Å²) >= 11 is 0. The van der Waals surface area contributed by atoms with Gasteiger partial charge in [-0.15, -0.1) is 0 Å². The number of carbonyl (C=O) groups excluding carboxylic acids is 1. The van der Waals surface area contributed by atoms with E-state index in [1.165, 1.54) is 7.05 Å². The fraction of sp³-hybridized carbons (Fsp3) is 0.533. The molecule has 1 atom stereocenters. The monoisotopic (exact) mass is 318 g/mol. The van der Waals surface area contributed by atoms with Gasteiger partial charge in [0.25, 0.3) is 0 Å². The van der Waals surface area contributed by atoms with Crippen LogP contribution in [0.3, 0.4) is 0 Å². The van der Waals surface area contributed by atoms with Crippen molar-refractivity contribution in [3.63, 3.8) is 0 Å². The number of urea groups is 1. The first kappa shape index (κ1) is 18.3. The molecule has 1 rings (SSSR count). The predicted octanol–water partition coefficient (Wildman–Crippen LogP) is 3.42. The Hall–Kier alpha value is -1.76. The van der Waals surface area contributed by atoms with Crippen LogP contribution in [0.25, 0.3) is 0 Å². The molecule has 0 saturated heterocycles. The van der Waals surface area contributed by atoms with E-state index in [-0.39, 0.29) is 0 Å². The number of alkyl halides is 3. The summed E-state index contributed by atoms with van der Waals surface area (Å²) in [5.41, 5.74) is 1.64. The zero-order chi connectivity index (χ0) is 16.8. The molecule has 0 aliphatic carbocycles. The predicted molar refractivity (Wildman–Crippen MR) is 78.8 cm³/mol. The lowest BCUT2D eigenvalue weighted by molar-refractivity contribution is -0.205. The number of likely N-dealkylation sites (N-methyl/N-ethyl adjacent to an activating group) is 1. The summed E-state index contributed by atoms with van der Waals surface area (Å²) < 4.78 is 36.7. The van der Waals surface area contributed by atoms with Crippen molar-refractivity contribution in [2.45, 2.75) is 38.5 Å². The maximum atomic E-state index is 12.2. The lowest BCUT2D eigenvalue weighted by Crippen LogP contribution is -2.43. The molecule has 124 valence electrons. The van der Waals surface area contributed by atoms with Gasteiger partial charge in [-0.3, -0.25) is 0 Å². The summed E-state index contributed by atoms with van der Waals surface area (Å²) in [7, 11) is 1.19. The minimum Gasteiger partial charge on any atom is -0.382 e. The van der Waals surface area contributed by atoms with Crippen molar-refractivity contribution in [2.24, 2.45) is 0 Å². The van der Waals surface area contributed by atoms with Gasteiger partial charge in [0, 0.05) is 12.7 Å². The number of anilines is 1. The van der Waals surface area contributed by atoms with E-state index in [0.29, 0.717) is 5.69 Å². The fourth-order valence-corrected chi connectivity index (χ4v) is 1.80. The fourth-order valence-electron chi connectivity index (χ4n) is 1.80. The molecule has 0 spiro atoms. The number of halogens is 3. The van der Waals surface area contributed by atoms with Crippen LogP contribution in [-0.4, -0.2) is 41.9 Å². The number of amides is 2. The average Bonchev–Trinajstić information content (AvgIpc) is 2.45. The van der Waals surface area contributed by atoms with Crippen molar-refractivity contribution < 1.29 is 23.1 Å². The standard InChI is InChI=1S/C15H21F3N2O2/c1-3-4-5-11-6-8-12(9-7-11)19-14(22)20(2)10-13(21)15(16,17)18/h6-9,13,21H,3-5,10H2,1-2H3,(H,19,22). The first-order valence-electron chi connectivity index (χ1n) is 7.10. The van der Waals surface area contributed by atoms with Crippen LogP contribution in [0.4, 0.5) is 23.7 Å². The highest BCUT2D eigenvalue weighted by atomic mass is 19.4. The van der Waals surface area contributed by atoms with E-state index in [1.807, 2.05) is 12.1 Å². The molecule has 0 bridgehead atoms. The van der Waals surface area contributed by atoms with Crippen LogP contribution >= 0.6 is 0 Å². The first-order valence-corrected chi connectivity index (χ1v) is 7.10. The lowest BCUT2D eigenvalue weighted by atomic mass is 10.1. The largest absolute Gasteiger partial charge is 0.416 e. The quantitative estimate of drug-likeness (QED) is 0.844. The van der Waals surface area contributed by atoms with Gasteiger partial charge in [0.1, 0.15) is 0 Å². The van der Waals surface area contributed by atoms with Gasteiger partial charge in [-0.2, -0.15) is 13.2 Å². The Morgan fingerprint density at radius 2 is 1.91 bits per heavy atom. The molecule has 0 aromatic heterocycles. The molecule has 0 fully saturated rings. The third-order valence-corrected chi connectivity index (χ3v) is 3.20. The Bertz CT molecular complexity index is 475. The van der Waals surface area contributed by atoms with Crippen LogP contribution in [0.15, 0.2) is 24.3 Å². The molecular weight excluding hydrogens is 297 g/mol. The van der Waals surface area contributed by atoms with Crippen molar-refractivity contribution in [3.05, 3.63) is 29.8 Å². The van der Waals surface area contributed by atoms with Crippen molar-refractivity contribution in [1.29, 1.82) is 0 Å². The number of aliphatic hydroxyl groups is 1. The zero-order valence-electron chi connectivity index (χ0n) is 12.7. The SMILES string of the molecule is CCCCc1ccc(NC(=O)N(C)CC(O)C(F)(F)F)cc1. The van der Waals surface area contributed by atoms with Gasteiger partial charge in [0.05, 0.1) is 6.54 Å². The summed E-state index contributed by atoms with van der Waals surface area (Å²) in [5.74, 6) is 0. The molecule has 2 amide bonds. The normalized spacial score (nSPS) is 12.8. The van der Waals surface area contributed by atoms with E-state index in [2.05, 4.69) is 12.2 Å². The number of carbonyl (C=O) groups is 1. The Kier molecular flexibility index (Phi) is 6.67. The number of aryl methyl sites for hydroxylation is 1. The summed E-state index contributed by atoms with van der Waals surface area (Å²) in [4.78, 5) is 12.6. The number of hydrogen-bond donors (Lipinski definition) is 2. The highest BCUT2D eigenvalue weighted by Gasteiger charge is 2.39. The van der Waals surface area contributed by atoms with E-state index in [9.17, 15) is 18.0 Å². The van der Waals surface area contributed by atoms with Gasteiger partial charge in [0.2, 0.25) is 0 Å². The van der Waals surface area contributed by atoms with Crippen LogP contribution in [0.5, 0.6) is 0 Å². The smallest absolute Gasteiger partial charge is 0.382 e. The maximum absolute atomic E-state index is 12.2. The van der Waals surface area contributed by atoms with E-state index in [4.69, 9.17) is 5.11 Å². The number of nitrogens with one attached hydrogen (secondary N) is 1. The van der Waals surface area contributed by atoms with Gasteiger partial charge in [0.15, 0.2) is 6.10 Å². The molecule has 1 aromatic carbocycles. The number of aliphatic hydroxyl groups excluding tert-OH is 1. The van der Waals surface area contributed by atoms with Crippen molar-refractivity contribution in [3.8, 4) is 0 Å². The lowest BCUT2D eigenvalue weighted by Gasteiger charge is -2.22. The maximum Gasteiger partial charge on any atom is 0.416 e. The molecule has 2 N–H and O–H groups in total. The topological polar surface area (TPSA) is 52.6 Å². The van der Waals surface area contributed by atoms with E-state index in [1.54, 1.807) is 12.1 Å². The van der Waals surface area contributed by atoms with Crippen LogP contribution in [0, 0.1) is 0 Å². The number of rotatable bonds is 6. The number of benzene rings is 1. The Morgan fingerprint density at radius 1 is 1.32 bits per heavy atom. The molecule has 0 radical (unpaired) electrons. The molecule has 1 unspecified atom stereocenters. The van der Waals surface area contributed by atoms with Crippen LogP contribution in [-0.2, 0) is 6.42 Å². The molecule has 0 aliphatic heterocycles. The Morgan fingerprint density at radius 3 is 2.41 bits per heavy atom. The van der Waals surface area contributed by atoms with Gasteiger partial charge >= 0.3 is 12.2 Å².